The van der Waals surface area contributed by atoms with Crippen LogP contribution in [0, 0.1) is 10.1 Å². The van der Waals surface area contributed by atoms with Gasteiger partial charge in [-0.1, -0.05) is 0 Å². The smallest absolute Gasteiger partial charge is 0.334 e. The Hall–Kier alpha value is -2.44. The van der Waals surface area contributed by atoms with Crippen molar-refractivity contribution in [1.82, 2.24) is 9.97 Å². The summed E-state index contributed by atoms with van der Waals surface area (Å²) in [5, 5.41) is 11.1. The van der Waals surface area contributed by atoms with E-state index < -0.39 is 4.92 Å². The third-order valence-corrected chi connectivity index (χ3v) is 1.98. The van der Waals surface area contributed by atoms with Gasteiger partial charge in [0.1, 0.15) is 5.69 Å². The summed E-state index contributed by atoms with van der Waals surface area (Å²) < 4.78 is 0. The Labute approximate surface area is 83.9 Å². The Morgan fingerprint density at radius 1 is 1.40 bits per heavy atom. The maximum Gasteiger partial charge on any atom is 0.334 e. The van der Waals surface area contributed by atoms with E-state index in [2.05, 4.69) is 9.97 Å². The minimum atomic E-state index is -0.649. The molecule has 0 unspecified atom stereocenters. The molecule has 0 fully saturated rings. The molecule has 2 rings (SSSR count). The molecule has 2 aromatic heterocycles. The molecule has 0 bridgehead atoms. The molecule has 0 amide bonds. The van der Waals surface area contributed by atoms with Gasteiger partial charge in [-0.2, -0.15) is 0 Å². The van der Waals surface area contributed by atoms with Crippen LogP contribution in [-0.4, -0.2) is 14.9 Å². The number of nitrogens with zero attached hydrogens (tertiary/aromatic N) is 3. The van der Waals surface area contributed by atoms with E-state index in [9.17, 15) is 10.1 Å². The number of nitrogen functional groups attached to an aromatic ring is 2. The number of nitrogens with two attached hydrogens (primary N) is 2. The molecule has 4 N–H and O–H groups in total. The van der Waals surface area contributed by atoms with E-state index in [-0.39, 0.29) is 17.2 Å². The van der Waals surface area contributed by atoms with Crippen molar-refractivity contribution in [3.05, 3.63) is 28.4 Å². The lowest BCUT2D eigenvalue weighted by Gasteiger charge is -2.03. The molecule has 7 nitrogen and oxygen atoms in total. The Balaban J connectivity index is 2.90. The Morgan fingerprint density at radius 2 is 2.13 bits per heavy atom. The molecule has 7 heteroatoms. The molecular formula is C8H7N5O2. The number of nitro groups is 1. The van der Waals surface area contributed by atoms with Gasteiger partial charge < -0.3 is 11.5 Å². The quantitative estimate of drug-likeness (QED) is 0.522. The van der Waals surface area contributed by atoms with Crippen LogP contribution < -0.4 is 11.5 Å². The van der Waals surface area contributed by atoms with Crippen LogP contribution in [0.4, 0.5) is 17.2 Å². The van der Waals surface area contributed by atoms with Gasteiger partial charge >= 0.3 is 5.69 Å². The molecule has 0 aliphatic heterocycles. The van der Waals surface area contributed by atoms with E-state index >= 15 is 0 Å². The van der Waals surface area contributed by atoms with Crippen molar-refractivity contribution in [3.63, 3.8) is 0 Å². The average Bonchev–Trinajstić information content (AvgIpc) is 2.17. The second-order valence-electron chi connectivity index (χ2n) is 2.89. The van der Waals surface area contributed by atoms with Gasteiger partial charge in [0.2, 0.25) is 5.82 Å². The SMILES string of the molecule is Nc1nc2ncccc2c(N)c1[N+](=O)[O-]. The first-order valence-electron chi connectivity index (χ1n) is 4.05. The molecule has 0 spiro atoms. The fourth-order valence-electron chi connectivity index (χ4n) is 1.32. The molecule has 0 saturated carbocycles. The second kappa shape index (κ2) is 3.05. The van der Waals surface area contributed by atoms with Crippen molar-refractivity contribution in [3.8, 4) is 0 Å². The molecule has 2 aromatic rings. The van der Waals surface area contributed by atoms with Crippen LogP contribution in [-0.2, 0) is 0 Å². The molecule has 0 aliphatic carbocycles. The normalized spacial score (nSPS) is 10.4. The standard InChI is InChI=1S/C8H7N5O2/c9-5-4-2-1-3-11-8(4)12-7(10)6(5)13(14)15/h1-3H,(H4,9,10,11,12). The van der Waals surface area contributed by atoms with Crippen molar-refractivity contribution in [2.45, 2.75) is 0 Å². The van der Waals surface area contributed by atoms with Crippen LogP contribution >= 0.6 is 0 Å². The van der Waals surface area contributed by atoms with Gasteiger partial charge in [-0.25, -0.2) is 9.97 Å². The van der Waals surface area contributed by atoms with Gasteiger partial charge in [-0.05, 0) is 12.1 Å². The first kappa shape index (κ1) is 9.13. The van der Waals surface area contributed by atoms with Crippen LogP contribution in [0.2, 0.25) is 0 Å². The fourth-order valence-corrected chi connectivity index (χ4v) is 1.32. The van der Waals surface area contributed by atoms with Gasteiger partial charge in [0.05, 0.1) is 4.92 Å². The molecule has 0 atom stereocenters. The average molecular weight is 205 g/mol. The highest BCUT2D eigenvalue weighted by Gasteiger charge is 2.20. The van der Waals surface area contributed by atoms with Gasteiger partial charge in [0.15, 0.2) is 5.65 Å². The van der Waals surface area contributed by atoms with E-state index in [0.717, 1.165) is 0 Å². The largest absolute Gasteiger partial charge is 0.392 e. The highest BCUT2D eigenvalue weighted by molar-refractivity contribution is 5.95. The van der Waals surface area contributed by atoms with Crippen molar-refractivity contribution < 1.29 is 4.92 Å². The number of fused-ring (bicyclic) bond motifs is 1. The molecule has 2 heterocycles. The molecule has 0 radical (unpaired) electrons. The molecule has 0 aromatic carbocycles. The lowest BCUT2D eigenvalue weighted by Crippen LogP contribution is -2.04. The zero-order valence-corrected chi connectivity index (χ0v) is 7.54. The van der Waals surface area contributed by atoms with Crippen LogP contribution in [0.3, 0.4) is 0 Å². The predicted octanol–water partition coefficient (Wildman–Crippen LogP) is 0.702. The van der Waals surface area contributed by atoms with E-state index in [1.165, 1.54) is 6.20 Å². The molecule has 76 valence electrons. The summed E-state index contributed by atoms with van der Waals surface area (Å²) >= 11 is 0. The zero-order chi connectivity index (χ0) is 11.0. The van der Waals surface area contributed by atoms with E-state index in [1.54, 1.807) is 12.1 Å². The summed E-state index contributed by atoms with van der Waals surface area (Å²) in [6.07, 6.45) is 1.51. The lowest BCUT2D eigenvalue weighted by atomic mass is 10.2. The van der Waals surface area contributed by atoms with Crippen LogP contribution in [0.1, 0.15) is 0 Å². The highest BCUT2D eigenvalue weighted by atomic mass is 16.6. The summed E-state index contributed by atoms with van der Waals surface area (Å²) in [4.78, 5) is 17.7. The topological polar surface area (TPSA) is 121 Å². The van der Waals surface area contributed by atoms with Gasteiger partial charge in [-0.3, -0.25) is 10.1 Å². The van der Waals surface area contributed by atoms with Gasteiger partial charge in [0, 0.05) is 11.6 Å². The van der Waals surface area contributed by atoms with Crippen LogP contribution in [0.15, 0.2) is 18.3 Å². The molecule has 0 saturated heterocycles. The number of hydrogen-bond acceptors (Lipinski definition) is 6. The summed E-state index contributed by atoms with van der Waals surface area (Å²) in [6, 6.07) is 3.23. The maximum absolute atomic E-state index is 10.7. The molecule has 15 heavy (non-hydrogen) atoms. The zero-order valence-electron chi connectivity index (χ0n) is 7.54. The van der Waals surface area contributed by atoms with Crippen LogP contribution in [0.5, 0.6) is 0 Å². The summed E-state index contributed by atoms with van der Waals surface area (Å²) in [7, 11) is 0. The van der Waals surface area contributed by atoms with Crippen molar-refractivity contribution >= 4 is 28.2 Å². The van der Waals surface area contributed by atoms with Gasteiger partial charge in [-0.15, -0.1) is 0 Å². The van der Waals surface area contributed by atoms with Crippen molar-refractivity contribution in [1.29, 1.82) is 0 Å². The number of aromatic nitrogens is 2. The minimum absolute atomic E-state index is 0.00407. The third kappa shape index (κ3) is 1.30. The second-order valence-corrected chi connectivity index (χ2v) is 2.89. The first-order chi connectivity index (χ1) is 7.11. The lowest BCUT2D eigenvalue weighted by molar-refractivity contribution is -0.383. The summed E-state index contributed by atoms with van der Waals surface area (Å²) in [6.45, 7) is 0. The van der Waals surface area contributed by atoms with E-state index in [4.69, 9.17) is 11.5 Å². The highest BCUT2D eigenvalue weighted by Crippen LogP contribution is 2.32. The van der Waals surface area contributed by atoms with E-state index in [1.807, 2.05) is 0 Å². The van der Waals surface area contributed by atoms with Gasteiger partial charge in [0.25, 0.3) is 0 Å². The van der Waals surface area contributed by atoms with Crippen molar-refractivity contribution in [2.24, 2.45) is 0 Å². The Morgan fingerprint density at radius 3 is 2.80 bits per heavy atom. The van der Waals surface area contributed by atoms with E-state index in [0.29, 0.717) is 11.0 Å². The fraction of sp³-hybridized carbons (Fsp3) is 0. The number of hydrogen-bond donors (Lipinski definition) is 2. The monoisotopic (exact) mass is 205 g/mol. The molecule has 0 aliphatic rings. The minimum Gasteiger partial charge on any atom is -0.392 e. The van der Waals surface area contributed by atoms with Crippen LogP contribution in [0.25, 0.3) is 11.0 Å². The Kier molecular flexibility index (Phi) is 1.86. The summed E-state index contributed by atoms with van der Waals surface area (Å²) in [5.41, 5.74) is 11.0. The number of anilines is 2. The number of pyridine rings is 2. The van der Waals surface area contributed by atoms with Crippen molar-refractivity contribution in [2.75, 3.05) is 11.5 Å². The predicted molar refractivity (Wildman–Crippen MR) is 55.0 cm³/mol. The summed E-state index contributed by atoms with van der Waals surface area (Å²) in [5.74, 6) is -0.219. The Bertz CT molecular complexity index is 554. The molecular weight excluding hydrogens is 198 g/mol. The number of rotatable bonds is 1. The first-order valence-corrected chi connectivity index (χ1v) is 4.05. The third-order valence-electron chi connectivity index (χ3n) is 1.98. The maximum atomic E-state index is 10.7.